The van der Waals surface area contributed by atoms with Crippen molar-refractivity contribution >= 4 is 28.4 Å². The molecule has 2 aromatic carbocycles. The second-order valence-electron chi connectivity index (χ2n) is 7.97. The van der Waals surface area contributed by atoms with Gasteiger partial charge in [0.05, 0.1) is 5.39 Å². The maximum absolute atomic E-state index is 13.0. The fourth-order valence-corrected chi connectivity index (χ4v) is 3.79. The van der Waals surface area contributed by atoms with E-state index in [1.54, 1.807) is 24.3 Å². The molecule has 0 atom stereocenters. The smallest absolute Gasteiger partial charge is 0.323 e. The zero-order chi connectivity index (χ0) is 23.3. The van der Waals surface area contributed by atoms with Crippen molar-refractivity contribution in [1.82, 2.24) is 25.2 Å². The van der Waals surface area contributed by atoms with E-state index in [4.69, 9.17) is 4.74 Å². The molecule has 2 aromatic heterocycles. The van der Waals surface area contributed by atoms with E-state index in [0.717, 1.165) is 49.5 Å². The number of piperazine rings is 1. The van der Waals surface area contributed by atoms with Crippen LogP contribution in [0.1, 0.15) is 5.69 Å². The standard InChI is InChI=1S/C24H24FN7O2/c25-16-1-3-17(4-2-16)30-24(33)31-18-5-7-20(8-6-18)34-23-21-13-19(29-22(21)27-15-28-23)14-32-11-9-26-10-12-32/h1-8,13,15,26H,9-12,14H2,(H,27,28,29)(H2,30,31,33). The maximum Gasteiger partial charge on any atom is 0.323 e. The maximum atomic E-state index is 13.0. The number of benzene rings is 2. The summed E-state index contributed by atoms with van der Waals surface area (Å²) in [6, 6.07) is 14.1. The SMILES string of the molecule is O=C(Nc1ccc(F)cc1)Nc1ccc(Oc2ncnc3[nH]c(CN4CCNCC4)cc23)cc1. The summed E-state index contributed by atoms with van der Waals surface area (Å²) in [6.07, 6.45) is 1.47. The van der Waals surface area contributed by atoms with Crippen LogP contribution in [0.3, 0.4) is 0 Å². The van der Waals surface area contributed by atoms with Crippen LogP contribution in [0.4, 0.5) is 20.6 Å². The fourth-order valence-electron chi connectivity index (χ4n) is 3.79. The summed E-state index contributed by atoms with van der Waals surface area (Å²) in [5.74, 6) is 0.676. The number of anilines is 2. The molecule has 0 bridgehead atoms. The van der Waals surface area contributed by atoms with Crippen LogP contribution < -0.4 is 20.7 Å². The van der Waals surface area contributed by atoms with Crippen LogP contribution in [-0.4, -0.2) is 52.1 Å². The van der Waals surface area contributed by atoms with Gasteiger partial charge in [0, 0.05) is 49.8 Å². The van der Waals surface area contributed by atoms with Crippen LogP contribution in [0.25, 0.3) is 11.0 Å². The van der Waals surface area contributed by atoms with E-state index in [9.17, 15) is 9.18 Å². The Morgan fingerprint density at radius 3 is 2.38 bits per heavy atom. The average Bonchev–Trinajstić information content (AvgIpc) is 3.26. The van der Waals surface area contributed by atoms with E-state index in [2.05, 4.69) is 35.8 Å². The van der Waals surface area contributed by atoms with Gasteiger partial charge in [0.1, 0.15) is 23.5 Å². The Balaban J connectivity index is 1.23. The third-order valence-electron chi connectivity index (χ3n) is 5.48. The monoisotopic (exact) mass is 461 g/mol. The number of halogens is 1. The zero-order valence-corrected chi connectivity index (χ0v) is 18.3. The molecule has 2 amide bonds. The number of ether oxygens (including phenoxy) is 1. The number of nitrogens with one attached hydrogen (secondary N) is 4. The highest BCUT2D eigenvalue weighted by Gasteiger charge is 2.14. The molecule has 10 heteroatoms. The molecule has 0 aliphatic carbocycles. The first kappa shape index (κ1) is 21.8. The third-order valence-corrected chi connectivity index (χ3v) is 5.48. The molecule has 0 spiro atoms. The lowest BCUT2D eigenvalue weighted by atomic mass is 10.3. The number of aromatic nitrogens is 3. The number of hydrogen-bond acceptors (Lipinski definition) is 6. The third kappa shape index (κ3) is 5.30. The molecule has 1 fully saturated rings. The van der Waals surface area contributed by atoms with E-state index in [1.165, 1.54) is 30.6 Å². The summed E-state index contributed by atoms with van der Waals surface area (Å²) in [6.45, 7) is 4.82. The summed E-state index contributed by atoms with van der Waals surface area (Å²) < 4.78 is 19.0. The van der Waals surface area contributed by atoms with Gasteiger partial charge in [-0.1, -0.05) is 0 Å². The highest BCUT2D eigenvalue weighted by molar-refractivity contribution is 5.99. The van der Waals surface area contributed by atoms with Gasteiger partial charge in [0.2, 0.25) is 5.88 Å². The van der Waals surface area contributed by atoms with Crippen LogP contribution in [0, 0.1) is 5.82 Å². The first-order chi connectivity index (χ1) is 16.6. The van der Waals surface area contributed by atoms with Gasteiger partial charge in [-0.05, 0) is 54.6 Å². The Hall–Kier alpha value is -4.02. The predicted molar refractivity (Wildman–Crippen MR) is 128 cm³/mol. The van der Waals surface area contributed by atoms with Crippen LogP contribution in [-0.2, 0) is 6.54 Å². The molecule has 4 aromatic rings. The molecule has 1 aliphatic rings. The number of fused-ring (bicyclic) bond motifs is 1. The van der Waals surface area contributed by atoms with Crippen LogP contribution in [0.2, 0.25) is 0 Å². The quantitative estimate of drug-likeness (QED) is 0.347. The summed E-state index contributed by atoms with van der Waals surface area (Å²) >= 11 is 0. The predicted octanol–water partition coefficient (Wildman–Crippen LogP) is 3.94. The lowest BCUT2D eigenvalue weighted by Gasteiger charge is -2.26. The molecule has 174 valence electrons. The van der Waals surface area contributed by atoms with Gasteiger partial charge in [-0.2, -0.15) is 0 Å². The van der Waals surface area contributed by atoms with Crippen molar-refractivity contribution < 1.29 is 13.9 Å². The Kier molecular flexibility index (Phi) is 6.32. The van der Waals surface area contributed by atoms with Gasteiger partial charge in [-0.25, -0.2) is 19.2 Å². The van der Waals surface area contributed by atoms with Gasteiger partial charge in [-0.15, -0.1) is 0 Å². The minimum Gasteiger partial charge on any atom is -0.438 e. The Morgan fingerprint density at radius 1 is 1.00 bits per heavy atom. The van der Waals surface area contributed by atoms with E-state index in [1.807, 2.05) is 6.07 Å². The minimum atomic E-state index is -0.429. The molecule has 5 rings (SSSR count). The van der Waals surface area contributed by atoms with Crippen molar-refractivity contribution in [3.63, 3.8) is 0 Å². The van der Waals surface area contributed by atoms with Crippen molar-refractivity contribution in [2.75, 3.05) is 36.8 Å². The molecule has 1 saturated heterocycles. The molecule has 3 heterocycles. The van der Waals surface area contributed by atoms with Gasteiger partial charge >= 0.3 is 6.03 Å². The van der Waals surface area contributed by atoms with E-state index >= 15 is 0 Å². The van der Waals surface area contributed by atoms with Crippen LogP contribution in [0.5, 0.6) is 11.6 Å². The lowest BCUT2D eigenvalue weighted by molar-refractivity contribution is 0.231. The second-order valence-corrected chi connectivity index (χ2v) is 7.97. The summed E-state index contributed by atoms with van der Waals surface area (Å²) in [4.78, 5) is 26.5. The highest BCUT2D eigenvalue weighted by atomic mass is 19.1. The van der Waals surface area contributed by atoms with Crippen molar-refractivity contribution in [3.05, 3.63) is 72.4 Å². The first-order valence-corrected chi connectivity index (χ1v) is 11.0. The number of hydrogen-bond donors (Lipinski definition) is 4. The number of urea groups is 1. The molecular weight excluding hydrogens is 437 g/mol. The number of H-pyrrole nitrogens is 1. The molecule has 9 nitrogen and oxygen atoms in total. The fraction of sp³-hybridized carbons (Fsp3) is 0.208. The molecule has 34 heavy (non-hydrogen) atoms. The van der Waals surface area contributed by atoms with Crippen molar-refractivity contribution in [3.8, 4) is 11.6 Å². The topological polar surface area (TPSA) is 107 Å². The van der Waals surface area contributed by atoms with Crippen LogP contribution in [0.15, 0.2) is 60.9 Å². The van der Waals surface area contributed by atoms with Gasteiger partial charge < -0.3 is 25.7 Å². The Labute approximate surface area is 195 Å². The molecule has 0 radical (unpaired) electrons. The largest absolute Gasteiger partial charge is 0.438 e. The molecule has 0 unspecified atom stereocenters. The molecule has 1 aliphatic heterocycles. The molecular formula is C24H24FN7O2. The van der Waals surface area contributed by atoms with E-state index < -0.39 is 6.03 Å². The number of carbonyl (C=O) groups is 1. The average molecular weight is 462 g/mol. The normalized spacial score (nSPS) is 14.1. The Morgan fingerprint density at radius 2 is 1.68 bits per heavy atom. The van der Waals surface area contributed by atoms with E-state index in [0.29, 0.717) is 23.0 Å². The van der Waals surface area contributed by atoms with Gasteiger partial charge in [-0.3, -0.25) is 4.90 Å². The zero-order valence-electron chi connectivity index (χ0n) is 18.3. The number of nitrogens with zero attached hydrogens (tertiary/aromatic N) is 3. The summed E-state index contributed by atoms with van der Waals surface area (Å²) in [7, 11) is 0. The highest BCUT2D eigenvalue weighted by Crippen LogP contribution is 2.28. The van der Waals surface area contributed by atoms with Crippen LogP contribution >= 0.6 is 0 Å². The second kappa shape index (κ2) is 9.86. The lowest BCUT2D eigenvalue weighted by Crippen LogP contribution is -2.42. The first-order valence-electron chi connectivity index (χ1n) is 11.0. The van der Waals surface area contributed by atoms with Gasteiger partial charge in [0.25, 0.3) is 0 Å². The molecule has 0 saturated carbocycles. The van der Waals surface area contributed by atoms with Crippen molar-refractivity contribution in [2.45, 2.75) is 6.54 Å². The van der Waals surface area contributed by atoms with E-state index in [-0.39, 0.29) is 5.82 Å². The van der Waals surface area contributed by atoms with Crippen molar-refractivity contribution in [2.24, 2.45) is 0 Å². The Bertz CT molecular complexity index is 1270. The number of amides is 2. The van der Waals surface area contributed by atoms with Gasteiger partial charge in [0.15, 0.2) is 0 Å². The number of aromatic amines is 1. The number of carbonyl (C=O) groups excluding carboxylic acids is 1. The number of rotatable bonds is 6. The van der Waals surface area contributed by atoms with Crippen molar-refractivity contribution in [1.29, 1.82) is 0 Å². The summed E-state index contributed by atoms with van der Waals surface area (Å²) in [5, 5.41) is 9.55. The minimum absolute atomic E-state index is 0.363. The molecule has 4 N–H and O–H groups in total. The summed E-state index contributed by atoms with van der Waals surface area (Å²) in [5.41, 5.74) is 2.87.